The third-order valence-electron chi connectivity index (χ3n) is 3.81. The number of nitrogens with one attached hydrogen (secondary N) is 1. The molecule has 0 spiro atoms. The highest BCUT2D eigenvalue weighted by Gasteiger charge is 2.11. The summed E-state index contributed by atoms with van der Waals surface area (Å²) in [4.78, 5) is 16.3. The van der Waals surface area contributed by atoms with Gasteiger partial charge in [-0.3, -0.25) is 4.79 Å². The molecule has 27 heavy (non-hydrogen) atoms. The van der Waals surface area contributed by atoms with Gasteiger partial charge in [0.15, 0.2) is 18.1 Å². The molecule has 138 valence electrons. The van der Waals surface area contributed by atoms with E-state index in [0.717, 1.165) is 17.7 Å². The summed E-state index contributed by atoms with van der Waals surface area (Å²) in [6.07, 6.45) is 5.55. The number of methoxy groups -OCH3 is 1. The summed E-state index contributed by atoms with van der Waals surface area (Å²) in [5, 5.41) is 6.93. The Morgan fingerprint density at radius 1 is 1.26 bits per heavy atom. The highest BCUT2D eigenvalue weighted by atomic mass is 16.5. The molecule has 3 rings (SSSR count). The van der Waals surface area contributed by atoms with Gasteiger partial charge < -0.3 is 14.8 Å². The lowest BCUT2D eigenvalue weighted by Crippen LogP contribution is -2.21. The fourth-order valence-electron chi connectivity index (χ4n) is 2.57. The number of hydrogen-bond donors (Lipinski definition) is 1. The summed E-state index contributed by atoms with van der Waals surface area (Å²) in [6, 6.07) is 12.9. The highest BCUT2D eigenvalue weighted by molar-refractivity contribution is 5.93. The van der Waals surface area contributed by atoms with Gasteiger partial charge in [0.05, 0.1) is 18.5 Å². The third-order valence-corrected chi connectivity index (χ3v) is 3.81. The van der Waals surface area contributed by atoms with E-state index >= 15 is 0 Å². The first-order chi connectivity index (χ1) is 13.2. The lowest BCUT2D eigenvalue weighted by atomic mass is 10.1. The van der Waals surface area contributed by atoms with Gasteiger partial charge >= 0.3 is 0 Å². The SMILES string of the molecule is C=CCc1ccc(OCC(=O)Nc2ccccc2-n2cncn2)c(OC)c1. The molecular weight excluding hydrogens is 344 g/mol. The normalized spacial score (nSPS) is 10.3. The molecule has 0 aliphatic rings. The van der Waals surface area contributed by atoms with E-state index in [9.17, 15) is 4.79 Å². The second kappa shape index (κ2) is 8.66. The van der Waals surface area contributed by atoms with Crippen molar-refractivity contribution in [3.63, 3.8) is 0 Å². The van der Waals surface area contributed by atoms with E-state index in [1.54, 1.807) is 30.3 Å². The maximum atomic E-state index is 12.3. The molecule has 0 atom stereocenters. The molecule has 1 amide bonds. The molecule has 1 aromatic heterocycles. The molecule has 7 heteroatoms. The number of carbonyl (C=O) groups excluding carboxylic acids is 1. The summed E-state index contributed by atoms with van der Waals surface area (Å²) in [6.45, 7) is 3.57. The number of hydrogen-bond acceptors (Lipinski definition) is 5. The fraction of sp³-hybridized carbons (Fsp3) is 0.150. The summed E-state index contributed by atoms with van der Waals surface area (Å²) >= 11 is 0. The van der Waals surface area contributed by atoms with Crippen molar-refractivity contribution in [1.29, 1.82) is 0 Å². The Morgan fingerprint density at radius 3 is 2.85 bits per heavy atom. The maximum Gasteiger partial charge on any atom is 0.262 e. The minimum atomic E-state index is -0.292. The Hall–Kier alpha value is -3.61. The lowest BCUT2D eigenvalue weighted by molar-refractivity contribution is -0.118. The van der Waals surface area contributed by atoms with Crippen LogP contribution < -0.4 is 14.8 Å². The summed E-state index contributed by atoms with van der Waals surface area (Å²) in [7, 11) is 1.56. The quantitative estimate of drug-likeness (QED) is 0.622. The van der Waals surface area contributed by atoms with Crippen molar-refractivity contribution in [2.45, 2.75) is 6.42 Å². The lowest BCUT2D eigenvalue weighted by Gasteiger charge is -2.13. The third kappa shape index (κ3) is 4.52. The predicted molar refractivity (Wildman–Crippen MR) is 102 cm³/mol. The smallest absolute Gasteiger partial charge is 0.262 e. The van der Waals surface area contributed by atoms with Crippen LogP contribution in [-0.2, 0) is 11.2 Å². The van der Waals surface area contributed by atoms with Crippen LogP contribution in [0.2, 0.25) is 0 Å². The number of para-hydroxylation sites is 2. The number of anilines is 1. The molecule has 0 radical (unpaired) electrons. The molecule has 0 saturated carbocycles. The van der Waals surface area contributed by atoms with Gasteiger partial charge in [-0.1, -0.05) is 24.3 Å². The van der Waals surface area contributed by atoms with Gasteiger partial charge in [0.2, 0.25) is 0 Å². The van der Waals surface area contributed by atoms with Crippen molar-refractivity contribution in [2.75, 3.05) is 19.0 Å². The topological polar surface area (TPSA) is 78.3 Å². The molecule has 3 aromatic rings. The second-order valence-electron chi connectivity index (χ2n) is 5.67. The average molecular weight is 364 g/mol. The Morgan fingerprint density at radius 2 is 2.11 bits per heavy atom. The number of amides is 1. The van der Waals surface area contributed by atoms with Crippen molar-refractivity contribution >= 4 is 11.6 Å². The first-order valence-electron chi connectivity index (χ1n) is 8.35. The zero-order valence-corrected chi connectivity index (χ0v) is 15.0. The second-order valence-corrected chi connectivity index (χ2v) is 5.67. The van der Waals surface area contributed by atoms with Gasteiger partial charge in [0.1, 0.15) is 12.7 Å². The predicted octanol–water partition coefficient (Wildman–Crippen LogP) is 3.02. The van der Waals surface area contributed by atoms with Crippen molar-refractivity contribution in [3.8, 4) is 17.2 Å². The zero-order valence-electron chi connectivity index (χ0n) is 15.0. The fourth-order valence-corrected chi connectivity index (χ4v) is 2.57. The van der Waals surface area contributed by atoms with E-state index in [1.165, 1.54) is 6.33 Å². The van der Waals surface area contributed by atoms with Crippen LogP contribution in [0.4, 0.5) is 5.69 Å². The van der Waals surface area contributed by atoms with Crippen molar-refractivity contribution < 1.29 is 14.3 Å². The Labute approximate surface area is 157 Å². The number of aromatic nitrogens is 3. The Kier molecular flexibility index (Phi) is 5.84. The number of benzene rings is 2. The summed E-state index contributed by atoms with van der Waals surface area (Å²) < 4.78 is 12.6. The van der Waals surface area contributed by atoms with Gasteiger partial charge in [-0.2, -0.15) is 5.10 Å². The van der Waals surface area contributed by atoms with Crippen LogP contribution in [0.3, 0.4) is 0 Å². The van der Waals surface area contributed by atoms with Crippen LogP contribution in [-0.4, -0.2) is 34.4 Å². The first-order valence-corrected chi connectivity index (χ1v) is 8.35. The number of carbonyl (C=O) groups is 1. The molecule has 0 aliphatic heterocycles. The summed E-state index contributed by atoms with van der Waals surface area (Å²) in [5.41, 5.74) is 2.39. The first kappa shape index (κ1) is 18.2. The minimum absolute atomic E-state index is 0.150. The van der Waals surface area contributed by atoms with E-state index in [0.29, 0.717) is 17.2 Å². The summed E-state index contributed by atoms with van der Waals surface area (Å²) in [5.74, 6) is 0.787. The van der Waals surface area contributed by atoms with E-state index in [2.05, 4.69) is 22.0 Å². The average Bonchev–Trinajstić information content (AvgIpc) is 3.22. The van der Waals surface area contributed by atoms with Crippen LogP contribution in [0.15, 0.2) is 67.8 Å². The van der Waals surface area contributed by atoms with Crippen LogP contribution in [0.5, 0.6) is 11.5 Å². The number of ether oxygens (including phenoxy) is 2. The molecule has 7 nitrogen and oxygen atoms in total. The van der Waals surface area contributed by atoms with E-state index in [1.807, 2.05) is 36.4 Å². The number of nitrogens with zero attached hydrogens (tertiary/aromatic N) is 3. The molecule has 0 fully saturated rings. The van der Waals surface area contributed by atoms with Crippen LogP contribution in [0, 0.1) is 0 Å². The van der Waals surface area contributed by atoms with E-state index < -0.39 is 0 Å². The van der Waals surface area contributed by atoms with Gasteiger partial charge in [-0.05, 0) is 36.2 Å². The molecule has 1 N–H and O–H groups in total. The van der Waals surface area contributed by atoms with Crippen molar-refractivity contribution in [3.05, 3.63) is 73.3 Å². The molecule has 0 saturated heterocycles. The van der Waals surface area contributed by atoms with Gasteiger partial charge in [0, 0.05) is 0 Å². The highest BCUT2D eigenvalue weighted by Crippen LogP contribution is 2.28. The maximum absolute atomic E-state index is 12.3. The molecule has 1 heterocycles. The number of allylic oxidation sites excluding steroid dienone is 1. The van der Waals surface area contributed by atoms with Crippen molar-refractivity contribution in [1.82, 2.24) is 14.8 Å². The minimum Gasteiger partial charge on any atom is -0.493 e. The van der Waals surface area contributed by atoms with Crippen molar-refractivity contribution in [2.24, 2.45) is 0 Å². The number of rotatable bonds is 8. The molecule has 0 unspecified atom stereocenters. The Balaban J connectivity index is 1.67. The standard InChI is InChI=1S/C20H20N4O3/c1-3-6-15-9-10-18(19(11-15)26-2)27-12-20(25)23-16-7-4-5-8-17(16)24-14-21-13-22-24/h3-5,7-11,13-14H,1,6,12H2,2H3,(H,23,25). The molecule has 0 bridgehead atoms. The van der Waals surface area contributed by atoms with Gasteiger partial charge in [0.25, 0.3) is 5.91 Å². The van der Waals surface area contributed by atoms with Crippen LogP contribution in [0.1, 0.15) is 5.56 Å². The van der Waals surface area contributed by atoms with E-state index in [4.69, 9.17) is 9.47 Å². The molecule has 0 aliphatic carbocycles. The van der Waals surface area contributed by atoms with Crippen LogP contribution >= 0.6 is 0 Å². The van der Waals surface area contributed by atoms with Crippen LogP contribution in [0.25, 0.3) is 5.69 Å². The van der Waals surface area contributed by atoms with Gasteiger partial charge in [-0.15, -0.1) is 6.58 Å². The molecular formula is C20H20N4O3. The molecule has 2 aromatic carbocycles. The van der Waals surface area contributed by atoms with Gasteiger partial charge in [-0.25, -0.2) is 9.67 Å². The monoisotopic (exact) mass is 364 g/mol. The zero-order chi connectivity index (χ0) is 19.1. The Bertz CT molecular complexity index is 923. The van der Waals surface area contributed by atoms with E-state index in [-0.39, 0.29) is 12.5 Å². The largest absolute Gasteiger partial charge is 0.493 e.